The molecule has 1 rings (SSSR count). The van der Waals surface area contributed by atoms with Gasteiger partial charge in [0.05, 0.1) is 0 Å². The molecule has 5 nitrogen and oxygen atoms in total. The number of halogens is 2. The number of nitrogens with one attached hydrogen (secondary N) is 1. The molecule has 0 radical (unpaired) electrons. The molecule has 14 heavy (non-hydrogen) atoms. The molecule has 0 aliphatic heterocycles. The number of aromatic amines is 1. The van der Waals surface area contributed by atoms with Crippen molar-refractivity contribution in [3.8, 4) is 5.88 Å². The zero-order valence-electron chi connectivity index (χ0n) is 6.66. The third-order valence-corrected chi connectivity index (χ3v) is 1.33. The SMILES string of the molecule is O=C(O)c1ccc(OC(F)F)[nH]c1=O. The van der Waals surface area contributed by atoms with Crippen LogP contribution in [0.15, 0.2) is 16.9 Å². The number of aromatic carboxylic acids is 1. The van der Waals surface area contributed by atoms with Gasteiger partial charge in [0.2, 0.25) is 0 Å². The van der Waals surface area contributed by atoms with E-state index in [2.05, 4.69) is 4.74 Å². The molecule has 0 aliphatic rings. The first-order valence-electron chi connectivity index (χ1n) is 3.42. The Hall–Kier alpha value is -1.92. The maximum Gasteiger partial charge on any atom is 0.388 e. The summed E-state index contributed by atoms with van der Waals surface area (Å²) in [6.45, 7) is -3.07. The molecule has 1 aromatic heterocycles. The second kappa shape index (κ2) is 3.86. The van der Waals surface area contributed by atoms with Crippen molar-refractivity contribution in [3.63, 3.8) is 0 Å². The van der Waals surface area contributed by atoms with E-state index < -0.39 is 29.6 Å². The molecule has 0 saturated carbocycles. The molecule has 0 fully saturated rings. The smallest absolute Gasteiger partial charge is 0.388 e. The number of H-pyrrole nitrogens is 1. The Morgan fingerprint density at radius 3 is 2.57 bits per heavy atom. The van der Waals surface area contributed by atoms with Gasteiger partial charge in [-0.15, -0.1) is 0 Å². The summed E-state index contributed by atoms with van der Waals surface area (Å²) in [4.78, 5) is 23.1. The summed E-state index contributed by atoms with van der Waals surface area (Å²) < 4.78 is 27.1. The molecule has 0 atom stereocenters. The maximum atomic E-state index is 11.7. The summed E-state index contributed by atoms with van der Waals surface area (Å²) in [6, 6.07) is 1.83. The van der Waals surface area contributed by atoms with Gasteiger partial charge in [-0.3, -0.25) is 9.78 Å². The van der Waals surface area contributed by atoms with Crippen LogP contribution >= 0.6 is 0 Å². The molecule has 0 saturated heterocycles. The van der Waals surface area contributed by atoms with Crippen molar-refractivity contribution in [2.45, 2.75) is 6.61 Å². The van der Waals surface area contributed by atoms with E-state index in [9.17, 15) is 18.4 Å². The molecule has 0 amide bonds. The zero-order valence-corrected chi connectivity index (χ0v) is 6.66. The highest BCUT2D eigenvalue weighted by Gasteiger charge is 2.10. The third-order valence-electron chi connectivity index (χ3n) is 1.33. The number of carbonyl (C=O) groups is 1. The largest absolute Gasteiger partial charge is 0.477 e. The van der Waals surface area contributed by atoms with Gasteiger partial charge in [-0.25, -0.2) is 4.79 Å². The minimum Gasteiger partial charge on any atom is -0.477 e. The molecule has 0 aliphatic carbocycles. The Labute approximate surface area is 75.9 Å². The Morgan fingerprint density at radius 2 is 2.14 bits per heavy atom. The lowest BCUT2D eigenvalue weighted by molar-refractivity contribution is -0.0529. The molecule has 76 valence electrons. The summed E-state index contributed by atoms with van der Waals surface area (Å²) in [7, 11) is 0. The van der Waals surface area contributed by atoms with Gasteiger partial charge in [0, 0.05) is 0 Å². The average Bonchev–Trinajstić information content (AvgIpc) is 2.01. The van der Waals surface area contributed by atoms with Crippen molar-refractivity contribution in [2.75, 3.05) is 0 Å². The minimum atomic E-state index is -3.07. The lowest BCUT2D eigenvalue weighted by Crippen LogP contribution is -2.18. The Balaban J connectivity index is 3.01. The molecule has 7 heteroatoms. The quantitative estimate of drug-likeness (QED) is 0.760. The van der Waals surface area contributed by atoms with Crippen LogP contribution in [-0.4, -0.2) is 22.7 Å². The third kappa shape index (κ3) is 2.28. The number of alkyl halides is 2. The van der Waals surface area contributed by atoms with Gasteiger partial charge in [0.1, 0.15) is 5.56 Å². The highest BCUT2D eigenvalue weighted by Crippen LogP contribution is 2.07. The highest BCUT2D eigenvalue weighted by molar-refractivity contribution is 5.87. The van der Waals surface area contributed by atoms with Gasteiger partial charge >= 0.3 is 12.6 Å². The fraction of sp³-hybridized carbons (Fsp3) is 0.143. The Morgan fingerprint density at radius 1 is 1.50 bits per heavy atom. The van der Waals surface area contributed by atoms with Crippen molar-refractivity contribution in [1.82, 2.24) is 4.98 Å². The number of pyridine rings is 1. The van der Waals surface area contributed by atoms with Crippen LogP contribution in [0.2, 0.25) is 0 Å². The van der Waals surface area contributed by atoms with Crippen molar-refractivity contribution in [1.29, 1.82) is 0 Å². The molecular weight excluding hydrogens is 200 g/mol. The van der Waals surface area contributed by atoms with Gasteiger partial charge in [-0.1, -0.05) is 0 Å². The van der Waals surface area contributed by atoms with Gasteiger partial charge in [0.15, 0.2) is 5.88 Å². The maximum absolute atomic E-state index is 11.7. The fourth-order valence-corrected chi connectivity index (χ4v) is 0.789. The van der Waals surface area contributed by atoms with Crippen molar-refractivity contribution < 1.29 is 23.4 Å². The monoisotopic (exact) mass is 205 g/mol. The van der Waals surface area contributed by atoms with Crippen LogP contribution in [0.3, 0.4) is 0 Å². The number of hydrogen-bond acceptors (Lipinski definition) is 3. The Kier molecular flexibility index (Phi) is 2.80. The average molecular weight is 205 g/mol. The van der Waals surface area contributed by atoms with E-state index in [1.54, 1.807) is 0 Å². The minimum absolute atomic E-state index is 0.477. The van der Waals surface area contributed by atoms with Crippen LogP contribution in [0.1, 0.15) is 10.4 Å². The summed E-state index contributed by atoms with van der Waals surface area (Å²) in [6.07, 6.45) is 0. The molecule has 0 spiro atoms. The van der Waals surface area contributed by atoms with Crippen LogP contribution in [0.4, 0.5) is 8.78 Å². The van der Waals surface area contributed by atoms with Crippen LogP contribution in [-0.2, 0) is 0 Å². The summed E-state index contributed by atoms with van der Waals surface area (Å²) in [5.41, 5.74) is -1.53. The Bertz CT molecular complexity index is 401. The summed E-state index contributed by atoms with van der Waals surface area (Å²) in [5, 5.41) is 8.43. The van der Waals surface area contributed by atoms with Crippen LogP contribution in [0.5, 0.6) is 5.88 Å². The molecule has 1 heterocycles. The van der Waals surface area contributed by atoms with E-state index >= 15 is 0 Å². The first kappa shape index (κ1) is 10.2. The number of aromatic nitrogens is 1. The standard InChI is InChI=1S/C7H5F2NO4/c8-7(9)14-4-2-1-3(6(12)13)5(11)10-4/h1-2,7H,(H,10,11)(H,12,13). The predicted molar refractivity (Wildman–Crippen MR) is 40.7 cm³/mol. The predicted octanol–water partition coefficient (Wildman–Crippen LogP) is 0.674. The molecule has 1 aromatic rings. The molecule has 0 bridgehead atoms. The second-order valence-corrected chi connectivity index (χ2v) is 2.25. The summed E-state index contributed by atoms with van der Waals surface area (Å²) >= 11 is 0. The number of carboxylic acids is 1. The number of carboxylic acid groups (broad SMARTS) is 1. The zero-order chi connectivity index (χ0) is 10.7. The fourth-order valence-electron chi connectivity index (χ4n) is 0.789. The van der Waals surface area contributed by atoms with Crippen molar-refractivity contribution >= 4 is 5.97 Å². The van der Waals surface area contributed by atoms with E-state index in [1.165, 1.54) is 0 Å². The van der Waals surface area contributed by atoms with E-state index in [0.29, 0.717) is 0 Å². The van der Waals surface area contributed by atoms with E-state index in [-0.39, 0.29) is 0 Å². The second-order valence-electron chi connectivity index (χ2n) is 2.25. The highest BCUT2D eigenvalue weighted by atomic mass is 19.3. The lowest BCUT2D eigenvalue weighted by atomic mass is 10.3. The van der Waals surface area contributed by atoms with Crippen LogP contribution in [0.25, 0.3) is 0 Å². The number of rotatable bonds is 3. The van der Waals surface area contributed by atoms with Crippen LogP contribution in [0, 0.1) is 0 Å². The molecule has 0 aromatic carbocycles. The van der Waals surface area contributed by atoms with Gasteiger partial charge in [0.25, 0.3) is 5.56 Å². The molecule has 0 unspecified atom stereocenters. The van der Waals surface area contributed by atoms with Gasteiger partial charge in [-0.2, -0.15) is 8.78 Å². The number of hydrogen-bond donors (Lipinski definition) is 2. The molecular formula is C7H5F2NO4. The van der Waals surface area contributed by atoms with Crippen molar-refractivity contribution in [2.24, 2.45) is 0 Å². The van der Waals surface area contributed by atoms with E-state index in [0.717, 1.165) is 12.1 Å². The van der Waals surface area contributed by atoms with Gasteiger partial charge in [-0.05, 0) is 12.1 Å². The topological polar surface area (TPSA) is 79.4 Å². The van der Waals surface area contributed by atoms with Gasteiger partial charge < -0.3 is 9.84 Å². The summed E-state index contributed by atoms with van der Waals surface area (Å²) in [5.74, 6) is -1.91. The van der Waals surface area contributed by atoms with Crippen molar-refractivity contribution in [3.05, 3.63) is 28.0 Å². The number of ether oxygens (including phenoxy) is 1. The van der Waals surface area contributed by atoms with Crippen LogP contribution < -0.4 is 10.3 Å². The molecule has 2 N–H and O–H groups in total. The van der Waals surface area contributed by atoms with E-state index in [1.807, 2.05) is 4.98 Å². The first-order valence-corrected chi connectivity index (χ1v) is 3.42. The lowest BCUT2D eigenvalue weighted by Gasteiger charge is -2.03. The van der Waals surface area contributed by atoms with E-state index in [4.69, 9.17) is 5.11 Å². The first-order chi connectivity index (χ1) is 6.50. The normalized spacial score (nSPS) is 10.2.